The molecule has 0 unspecified atom stereocenters. The van der Waals surface area contributed by atoms with E-state index in [9.17, 15) is 0 Å². The van der Waals surface area contributed by atoms with Crippen molar-refractivity contribution in [3.63, 3.8) is 0 Å². The van der Waals surface area contributed by atoms with Crippen molar-refractivity contribution in [3.05, 3.63) is 230 Å². The second kappa shape index (κ2) is 15.1. The molecule has 0 spiro atoms. The van der Waals surface area contributed by atoms with E-state index >= 15 is 0 Å². The van der Waals surface area contributed by atoms with Gasteiger partial charge < -0.3 is 9.32 Å². The molecule has 2 heteroatoms. The highest BCUT2D eigenvalue weighted by Gasteiger charge is 2.17. The maximum atomic E-state index is 6.43. The van der Waals surface area contributed by atoms with Crippen molar-refractivity contribution in [2.75, 3.05) is 4.90 Å². The Bertz CT molecular complexity index is 3100. The molecule has 0 radical (unpaired) electrons. The van der Waals surface area contributed by atoms with E-state index in [2.05, 4.69) is 230 Å². The molecule has 0 aliphatic rings. The van der Waals surface area contributed by atoms with Crippen LogP contribution in [0.2, 0.25) is 0 Å². The molecule has 0 N–H and O–H groups in total. The van der Waals surface area contributed by atoms with Gasteiger partial charge in [0, 0.05) is 27.7 Å². The fourth-order valence-electron chi connectivity index (χ4n) is 8.08. The van der Waals surface area contributed by atoms with Gasteiger partial charge >= 0.3 is 0 Å². The van der Waals surface area contributed by atoms with E-state index in [1.165, 1.54) is 44.2 Å². The maximum Gasteiger partial charge on any atom is 0.143 e. The Morgan fingerprint density at radius 1 is 0.397 bits per heavy atom. The molecule has 9 aromatic carbocycles. The quantitative estimate of drug-likeness (QED) is 0.146. The van der Waals surface area contributed by atoms with Gasteiger partial charge in [0.15, 0.2) is 0 Å². The zero-order chi connectivity index (χ0) is 38.8. The Balaban J connectivity index is 1.05. The van der Waals surface area contributed by atoms with Crippen LogP contribution in [0.25, 0.3) is 84.1 Å². The average Bonchev–Trinajstić information content (AvgIpc) is 3.67. The lowest BCUT2D eigenvalue weighted by Crippen LogP contribution is -2.11. The number of anilines is 3. The Labute approximate surface area is 338 Å². The first-order valence-electron chi connectivity index (χ1n) is 19.7. The molecule has 0 aliphatic carbocycles. The van der Waals surface area contributed by atoms with Crippen LogP contribution in [0.1, 0.15) is 16.9 Å². The Morgan fingerprint density at radius 3 is 1.60 bits per heavy atom. The van der Waals surface area contributed by atoms with Gasteiger partial charge in [0.1, 0.15) is 11.3 Å². The summed E-state index contributed by atoms with van der Waals surface area (Å²) in [6.45, 7) is 4.10. The van der Waals surface area contributed by atoms with Gasteiger partial charge in [-0.3, -0.25) is 0 Å². The van der Waals surface area contributed by atoms with Crippen LogP contribution in [0.3, 0.4) is 0 Å². The second-order valence-electron chi connectivity index (χ2n) is 14.6. The first kappa shape index (κ1) is 34.8. The molecule has 0 amide bonds. The van der Waals surface area contributed by atoms with Crippen LogP contribution in [0.15, 0.2) is 217 Å². The molecule has 0 atom stereocenters. The molecule has 1 aromatic heterocycles. The smallest absolute Gasteiger partial charge is 0.143 e. The molecule has 0 aliphatic heterocycles. The standard InChI is InChI=1S/C56H39NO/c1-2-55-52(53-37-30-45-15-8-10-18-51(45)56(53)58-55)36-31-46-16-9-11-19-54(46)57(50-34-28-44(29-35-50)48-25-24-40-14-6-7-17-47(40)38-48)49-32-26-43(27-33-49)42-22-20-41(21-23-42)39-12-4-3-5-13-39/h2-38H,1H2/b36-31+. The third kappa shape index (κ3) is 6.57. The Hall–Kier alpha value is -7.68. The van der Waals surface area contributed by atoms with E-state index in [1.54, 1.807) is 6.08 Å². The summed E-state index contributed by atoms with van der Waals surface area (Å²) in [5, 5.41) is 5.79. The lowest BCUT2D eigenvalue weighted by atomic mass is 9.99. The number of hydrogen-bond donors (Lipinski definition) is 0. The lowest BCUT2D eigenvalue weighted by molar-refractivity contribution is 0.607. The summed E-state index contributed by atoms with van der Waals surface area (Å²) in [6.07, 6.45) is 6.17. The minimum atomic E-state index is 0.758. The van der Waals surface area contributed by atoms with E-state index in [0.29, 0.717) is 0 Å². The highest BCUT2D eigenvalue weighted by molar-refractivity contribution is 6.08. The lowest BCUT2D eigenvalue weighted by Gasteiger charge is -2.27. The molecule has 2 nitrogen and oxygen atoms in total. The minimum Gasteiger partial charge on any atom is -0.455 e. The van der Waals surface area contributed by atoms with Crippen molar-refractivity contribution in [1.29, 1.82) is 0 Å². The van der Waals surface area contributed by atoms with E-state index in [1.807, 2.05) is 0 Å². The average molecular weight is 742 g/mol. The van der Waals surface area contributed by atoms with Gasteiger partial charge in [-0.25, -0.2) is 0 Å². The van der Waals surface area contributed by atoms with Crippen LogP contribution < -0.4 is 4.90 Å². The molecule has 10 rings (SSSR count). The normalized spacial score (nSPS) is 11.4. The zero-order valence-electron chi connectivity index (χ0n) is 31.9. The summed E-state index contributed by atoms with van der Waals surface area (Å²) in [6, 6.07) is 73.6. The molecule has 0 bridgehead atoms. The van der Waals surface area contributed by atoms with Crippen LogP contribution in [0.5, 0.6) is 0 Å². The van der Waals surface area contributed by atoms with E-state index < -0.39 is 0 Å². The van der Waals surface area contributed by atoms with Gasteiger partial charge in [0.05, 0.1) is 5.69 Å². The molecule has 58 heavy (non-hydrogen) atoms. The molecule has 1 heterocycles. The monoisotopic (exact) mass is 741 g/mol. The third-order valence-corrected chi connectivity index (χ3v) is 11.1. The second-order valence-corrected chi connectivity index (χ2v) is 14.6. The molecule has 0 fully saturated rings. The van der Waals surface area contributed by atoms with Crippen LogP contribution in [0.4, 0.5) is 17.1 Å². The highest BCUT2D eigenvalue weighted by Crippen LogP contribution is 2.40. The molecule has 10 aromatic rings. The van der Waals surface area contributed by atoms with Crippen molar-refractivity contribution < 1.29 is 4.42 Å². The summed E-state index contributed by atoms with van der Waals surface area (Å²) in [5.74, 6) is 0.758. The van der Waals surface area contributed by atoms with Crippen LogP contribution >= 0.6 is 0 Å². The van der Waals surface area contributed by atoms with Crippen molar-refractivity contribution in [2.45, 2.75) is 0 Å². The van der Waals surface area contributed by atoms with Gasteiger partial charge in [0.2, 0.25) is 0 Å². The van der Waals surface area contributed by atoms with Gasteiger partial charge in [-0.15, -0.1) is 0 Å². The predicted molar refractivity (Wildman–Crippen MR) is 248 cm³/mol. The van der Waals surface area contributed by atoms with Crippen molar-refractivity contribution >= 4 is 67.8 Å². The van der Waals surface area contributed by atoms with Gasteiger partial charge in [-0.1, -0.05) is 176 Å². The predicted octanol–water partition coefficient (Wildman–Crippen LogP) is 16.0. The van der Waals surface area contributed by atoms with E-state index in [4.69, 9.17) is 4.42 Å². The van der Waals surface area contributed by atoms with Gasteiger partial charge in [-0.2, -0.15) is 0 Å². The number of furan rings is 1. The fourth-order valence-corrected chi connectivity index (χ4v) is 8.08. The Morgan fingerprint density at radius 2 is 0.914 bits per heavy atom. The Kier molecular flexibility index (Phi) is 9.06. The SMILES string of the molecule is C=Cc1oc2c(ccc3ccccc32)c1/C=C/c1ccccc1N(c1ccc(-c2ccc(-c3ccccc3)cc2)cc1)c1ccc(-c2ccc3ccccc3c2)cc1. The zero-order valence-corrected chi connectivity index (χ0v) is 31.9. The number of fused-ring (bicyclic) bond motifs is 4. The van der Waals surface area contributed by atoms with Crippen LogP contribution in [-0.4, -0.2) is 0 Å². The topological polar surface area (TPSA) is 16.4 Å². The van der Waals surface area contributed by atoms with Crippen LogP contribution in [-0.2, 0) is 0 Å². The number of rotatable bonds is 9. The number of hydrogen-bond acceptors (Lipinski definition) is 2. The van der Waals surface area contributed by atoms with Crippen molar-refractivity contribution in [1.82, 2.24) is 0 Å². The maximum absolute atomic E-state index is 6.43. The third-order valence-electron chi connectivity index (χ3n) is 11.1. The largest absolute Gasteiger partial charge is 0.455 e. The number of benzene rings is 9. The van der Waals surface area contributed by atoms with Gasteiger partial charge in [-0.05, 0) is 110 Å². The molecule has 0 saturated heterocycles. The summed E-state index contributed by atoms with van der Waals surface area (Å²) >= 11 is 0. The van der Waals surface area contributed by atoms with E-state index in [0.717, 1.165) is 55.7 Å². The van der Waals surface area contributed by atoms with E-state index in [-0.39, 0.29) is 0 Å². The first-order chi connectivity index (χ1) is 28.7. The fraction of sp³-hybridized carbons (Fsp3) is 0. The van der Waals surface area contributed by atoms with Crippen molar-refractivity contribution in [3.8, 4) is 33.4 Å². The summed E-state index contributed by atoms with van der Waals surface area (Å²) < 4.78 is 6.43. The summed E-state index contributed by atoms with van der Waals surface area (Å²) in [5.41, 5.74) is 13.3. The highest BCUT2D eigenvalue weighted by atomic mass is 16.3. The van der Waals surface area contributed by atoms with Gasteiger partial charge in [0.25, 0.3) is 0 Å². The molecular formula is C56H39NO. The molecule has 274 valence electrons. The molecule has 0 saturated carbocycles. The number of nitrogens with zero attached hydrogens (tertiary/aromatic N) is 1. The summed E-state index contributed by atoms with van der Waals surface area (Å²) in [4.78, 5) is 2.35. The minimum absolute atomic E-state index is 0.758. The molecular weight excluding hydrogens is 703 g/mol. The first-order valence-corrected chi connectivity index (χ1v) is 19.7. The van der Waals surface area contributed by atoms with Crippen molar-refractivity contribution in [2.24, 2.45) is 0 Å². The number of para-hydroxylation sites is 1. The van der Waals surface area contributed by atoms with Crippen LogP contribution in [0, 0.1) is 0 Å². The summed E-state index contributed by atoms with van der Waals surface area (Å²) in [7, 11) is 0.